The summed E-state index contributed by atoms with van der Waals surface area (Å²) in [5, 5.41) is 10.9. The molecule has 0 nitrogen and oxygen atoms in total. The van der Waals surface area contributed by atoms with Crippen molar-refractivity contribution < 1.29 is 6.85 Å². The quantitative estimate of drug-likeness (QED) is 0.173. The minimum atomic E-state index is -0.394. The van der Waals surface area contributed by atoms with Gasteiger partial charge in [0.25, 0.3) is 0 Å². The van der Waals surface area contributed by atoms with Crippen LogP contribution in [0.3, 0.4) is 0 Å². The molecule has 9 aromatic carbocycles. The molecule has 0 N–H and O–H groups in total. The highest BCUT2D eigenvalue weighted by Gasteiger charge is 2.20. The average Bonchev–Trinajstić information content (AvgIpc) is 3.59. The molecule has 0 aliphatic heterocycles. The third-order valence-electron chi connectivity index (χ3n) is 9.55. The molecule has 218 valence electrons. The molecular formula is C46H28S. The summed E-state index contributed by atoms with van der Waals surface area (Å²) in [6.07, 6.45) is 0. The van der Waals surface area contributed by atoms with Crippen molar-refractivity contribution in [3.8, 4) is 33.4 Å². The first kappa shape index (κ1) is 21.9. The van der Waals surface area contributed by atoms with Crippen LogP contribution in [0.25, 0.3) is 96.6 Å². The van der Waals surface area contributed by atoms with Gasteiger partial charge in [0.2, 0.25) is 0 Å². The molecule has 1 aromatic heterocycles. The molecule has 47 heavy (non-hydrogen) atoms. The Hall–Kier alpha value is -5.76. The second kappa shape index (κ2) is 10.4. The highest BCUT2D eigenvalue weighted by Crippen LogP contribution is 2.48. The van der Waals surface area contributed by atoms with Crippen LogP contribution in [0.5, 0.6) is 0 Å². The molecule has 0 saturated carbocycles. The number of hydrogen-bond donors (Lipinski definition) is 0. The summed E-state index contributed by atoms with van der Waals surface area (Å²) in [4.78, 5) is 0. The Bertz CT molecular complexity index is 3050. The molecule has 1 heteroatoms. The zero-order chi connectivity index (χ0) is 35.2. The fourth-order valence-electron chi connectivity index (χ4n) is 7.63. The second-order valence-electron chi connectivity index (χ2n) is 12.0. The number of fused-ring (bicyclic) bond motifs is 8. The monoisotopic (exact) mass is 617 g/mol. The van der Waals surface area contributed by atoms with Crippen LogP contribution in [0.2, 0.25) is 0 Å². The minimum Gasteiger partial charge on any atom is -0.135 e. The fraction of sp³-hybridized carbons (Fsp3) is 0. The first-order valence-electron chi connectivity index (χ1n) is 18.3. The zero-order valence-corrected chi connectivity index (χ0v) is 26.0. The van der Waals surface area contributed by atoms with Crippen molar-refractivity contribution in [2.45, 2.75) is 0 Å². The lowest BCUT2D eigenvalue weighted by atomic mass is 9.83. The van der Waals surface area contributed by atoms with Crippen molar-refractivity contribution in [2.75, 3.05) is 0 Å². The Kier molecular flexibility index (Phi) is 4.84. The molecule has 0 spiro atoms. The van der Waals surface area contributed by atoms with Crippen LogP contribution in [-0.4, -0.2) is 0 Å². The van der Waals surface area contributed by atoms with Crippen LogP contribution in [0.4, 0.5) is 0 Å². The molecule has 0 aliphatic carbocycles. The van der Waals surface area contributed by atoms with E-state index in [1.807, 2.05) is 47.7 Å². The van der Waals surface area contributed by atoms with Crippen LogP contribution in [-0.2, 0) is 0 Å². The van der Waals surface area contributed by atoms with E-state index in [0.717, 1.165) is 43.4 Å². The van der Waals surface area contributed by atoms with Gasteiger partial charge in [-0.25, -0.2) is 0 Å². The second-order valence-corrected chi connectivity index (χ2v) is 13.1. The molecule has 10 aromatic rings. The lowest BCUT2D eigenvalue weighted by molar-refractivity contribution is 1.66. The van der Waals surface area contributed by atoms with Crippen LogP contribution < -0.4 is 0 Å². The molecule has 10 rings (SSSR count). The van der Waals surface area contributed by atoms with Crippen LogP contribution in [0, 0.1) is 0 Å². The van der Waals surface area contributed by atoms with Gasteiger partial charge in [-0.1, -0.05) is 158 Å². The number of benzene rings is 9. The normalized spacial score (nSPS) is 13.3. The largest absolute Gasteiger partial charge is 0.135 e. The molecule has 0 aliphatic rings. The van der Waals surface area contributed by atoms with E-state index in [1.165, 1.54) is 42.1 Å². The van der Waals surface area contributed by atoms with Gasteiger partial charge in [-0.3, -0.25) is 0 Å². The maximum absolute atomic E-state index is 8.92. The Morgan fingerprint density at radius 3 is 1.62 bits per heavy atom. The molecule has 0 atom stereocenters. The van der Waals surface area contributed by atoms with Gasteiger partial charge >= 0.3 is 0 Å². The van der Waals surface area contributed by atoms with Crippen molar-refractivity contribution in [3.05, 3.63) is 170 Å². The third-order valence-corrected chi connectivity index (χ3v) is 10.7. The Morgan fingerprint density at radius 2 is 0.915 bits per heavy atom. The van der Waals surface area contributed by atoms with Crippen molar-refractivity contribution in [2.24, 2.45) is 0 Å². The SMILES string of the molecule is [2H]c1c([2H])c([2H])c(-c2c3ccccc3c(-c3ccc(-c4cccc5sc6ccc7ccccc7c6c45)c4ccccc34)c3ccccc23)c([2H])c1[2H]. The smallest absolute Gasteiger partial charge is 0.0629 e. The average molecular weight is 618 g/mol. The molecular weight excluding hydrogens is 585 g/mol. The first-order valence-corrected chi connectivity index (χ1v) is 16.6. The molecule has 1 heterocycles. The number of thiophene rings is 1. The topological polar surface area (TPSA) is 0 Å². The standard InChI is InChI=1S/C46H28S/c1-2-14-30(15-3-1)43-36-19-8-10-21-38(36)44(39-22-11-9-20-37(39)43)40-27-26-34(32-17-6-7-18-33(32)40)35-23-12-24-41-46(35)45-31-16-5-4-13-29(31)25-28-42(45)47-41/h1-28H/i1D,2D,3D,14D,15D. The van der Waals surface area contributed by atoms with Gasteiger partial charge in [0, 0.05) is 20.2 Å². The lowest BCUT2D eigenvalue weighted by Gasteiger charge is -2.20. The summed E-state index contributed by atoms with van der Waals surface area (Å²) in [5.41, 5.74) is 5.36. The number of hydrogen-bond acceptors (Lipinski definition) is 1. The van der Waals surface area contributed by atoms with E-state index in [1.54, 1.807) is 0 Å². The summed E-state index contributed by atoms with van der Waals surface area (Å²) in [6.45, 7) is 0. The van der Waals surface area contributed by atoms with Crippen LogP contribution >= 0.6 is 11.3 Å². The first-order chi connectivity index (χ1) is 25.4. The molecule has 0 saturated heterocycles. The van der Waals surface area contributed by atoms with Gasteiger partial charge in [0.05, 0.1) is 6.85 Å². The highest BCUT2D eigenvalue weighted by molar-refractivity contribution is 7.26. The van der Waals surface area contributed by atoms with Crippen molar-refractivity contribution in [3.63, 3.8) is 0 Å². The highest BCUT2D eigenvalue weighted by atomic mass is 32.1. The summed E-state index contributed by atoms with van der Waals surface area (Å²) in [7, 11) is 0. The van der Waals surface area contributed by atoms with E-state index in [2.05, 4.69) is 103 Å². The van der Waals surface area contributed by atoms with Gasteiger partial charge in [0.1, 0.15) is 0 Å². The summed E-state index contributed by atoms with van der Waals surface area (Å²) in [6, 6.07) is 47.5. The molecule has 0 unspecified atom stereocenters. The lowest BCUT2D eigenvalue weighted by Crippen LogP contribution is -1.92. The van der Waals surface area contributed by atoms with Crippen LogP contribution in [0.1, 0.15) is 6.85 Å². The minimum absolute atomic E-state index is 0.202. The van der Waals surface area contributed by atoms with Gasteiger partial charge < -0.3 is 0 Å². The van der Waals surface area contributed by atoms with E-state index < -0.39 is 6.04 Å². The third kappa shape index (κ3) is 3.94. The molecule has 0 radical (unpaired) electrons. The van der Waals surface area contributed by atoms with Gasteiger partial charge in [-0.2, -0.15) is 0 Å². The summed E-state index contributed by atoms with van der Waals surface area (Å²) >= 11 is 1.84. The van der Waals surface area contributed by atoms with E-state index in [0.29, 0.717) is 5.56 Å². The molecule has 0 amide bonds. The Balaban J connectivity index is 1.30. The predicted octanol–water partition coefficient (Wildman–Crippen LogP) is 13.7. The molecule has 0 fully saturated rings. The Labute approximate surface area is 283 Å². The van der Waals surface area contributed by atoms with Crippen molar-refractivity contribution >= 4 is 74.6 Å². The van der Waals surface area contributed by atoms with E-state index in [9.17, 15) is 0 Å². The maximum Gasteiger partial charge on any atom is 0.0629 e. The molecule has 0 bridgehead atoms. The fourth-order valence-corrected chi connectivity index (χ4v) is 8.77. The van der Waals surface area contributed by atoms with Gasteiger partial charge in [0.15, 0.2) is 0 Å². The maximum atomic E-state index is 8.92. The van der Waals surface area contributed by atoms with Crippen molar-refractivity contribution in [1.29, 1.82) is 0 Å². The van der Waals surface area contributed by atoms with E-state index in [4.69, 9.17) is 6.85 Å². The van der Waals surface area contributed by atoms with E-state index >= 15 is 0 Å². The van der Waals surface area contributed by atoms with Gasteiger partial charge in [-0.15, -0.1) is 11.3 Å². The number of rotatable bonds is 3. The van der Waals surface area contributed by atoms with E-state index in [-0.39, 0.29) is 29.7 Å². The Morgan fingerprint density at radius 1 is 0.362 bits per heavy atom. The van der Waals surface area contributed by atoms with Crippen LogP contribution in [0.15, 0.2) is 170 Å². The summed E-state index contributed by atoms with van der Waals surface area (Å²) < 4.78 is 45.6. The zero-order valence-electron chi connectivity index (χ0n) is 30.2. The summed E-state index contributed by atoms with van der Waals surface area (Å²) in [5.74, 6) is 0. The van der Waals surface area contributed by atoms with Gasteiger partial charge in [-0.05, 0) is 88.6 Å². The predicted molar refractivity (Wildman–Crippen MR) is 206 cm³/mol. The van der Waals surface area contributed by atoms with Crippen molar-refractivity contribution in [1.82, 2.24) is 0 Å².